The summed E-state index contributed by atoms with van der Waals surface area (Å²) in [4.78, 5) is 16.5. The van der Waals surface area contributed by atoms with Crippen LogP contribution in [-0.4, -0.2) is 18.0 Å². The third-order valence-electron chi connectivity index (χ3n) is 3.73. The number of para-hydroxylation sites is 2. The average Bonchev–Trinajstić information content (AvgIpc) is 3.11. The minimum Gasteiger partial charge on any atom is -0.495 e. The third kappa shape index (κ3) is 5.43. The molecule has 6 heteroatoms. The number of anilines is 1. The molecule has 0 atom stereocenters. The number of methoxy groups -OCH3 is 1. The van der Waals surface area contributed by atoms with E-state index in [1.807, 2.05) is 48.7 Å². The standard InChI is InChI=1S/C21H20N2O3S/c1-15-22-17(14-27-15)13-26-18-10-7-16(8-11-18)9-12-21(24)23-19-5-3-4-6-20(19)25-2/h3-12,14H,13H2,1-2H3,(H,23,24)/b12-9+. The van der Waals surface area contributed by atoms with Crippen LogP contribution in [0.3, 0.4) is 0 Å². The second kappa shape index (κ2) is 9.00. The molecule has 1 amide bonds. The van der Waals surface area contributed by atoms with Crippen molar-refractivity contribution >= 4 is 29.0 Å². The van der Waals surface area contributed by atoms with Crippen molar-refractivity contribution in [2.24, 2.45) is 0 Å². The molecular formula is C21H20N2O3S. The first kappa shape index (κ1) is 18.7. The summed E-state index contributed by atoms with van der Waals surface area (Å²) < 4.78 is 10.9. The molecule has 1 aromatic heterocycles. The molecule has 27 heavy (non-hydrogen) atoms. The lowest BCUT2D eigenvalue weighted by Gasteiger charge is -2.07. The number of aromatic nitrogens is 1. The van der Waals surface area contributed by atoms with Gasteiger partial charge in [-0.05, 0) is 42.8 Å². The molecule has 3 rings (SSSR count). The molecule has 5 nitrogen and oxygen atoms in total. The van der Waals surface area contributed by atoms with Gasteiger partial charge >= 0.3 is 0 Å². The summed E-state index contributed by atoms with van der Waals surface area (Å²) in [7, 11) is 1.57. The highest BCUT2D eigenvalue weighted by atomic mass is 32.1. The minimum atomic E-state index is -0.223. The summed E-state index contributed by atoms with van der Waals surface area (Å²) >= 11 is 1.61. The molecule has 0 radical (unpaired) electrons. The Morgan fingerprint density at radius 1 is 1.19 bits per heavy atom. The van der Waals surface area contributed by atoms with Gasteiger partial charge in [0.2, 0.25) is 5.91 Å². The van der Waals surface area contributed by atoms with Crippen LogP contribution in [-0.2, 0) is 11.4 Å². The average molecular weight is 380 g/mol. The summed E-state index contributed by atoms with van der Waals surface area (Å²) in [6.45, 7) is 2.42. The zero-order chi connectivity index (χ0) is 19.1. The lowest BCUT2D eigenvalue weighted by molar-refractivity contribution is -0.111. The Kier molecular flexibility index (Phi) is 6.22. The largest absolute Gasteiger partial charge is 0.495 e. The van der Waals surface area contributed by atoms with Gasteiger partial charge in [0.15, 0.2) is 0 Å². The van der Waals surface area contributed by atoms with Gasteiger partial charge in [0.25, 0.3) is 0 Å². The number of aryl methyl sites for hydroxylation is 1. The molecule has 3 aromatic rings. The summed E-state index contributed by atoms with van der Waals surface area (Å²) in [5.74, 6) is 1.16. The fourth-order valence-corrected chi connectivity index (χ4v) is 3.00. The maximum absolute atomic E-state index is 12.1. The molecule has 0 bridgehead atoms. The van der Waals surface area contributed by atoms with Crippen molar-refractivity contribution in [3.63, 3.8) is 0 Å². The number of hydrogen-bond acceptors (Lipinski definition) is 5. The van der Waals surface area contributed by atoms with Gasteiger partial charge < -0.3 is 14.8 Å². The second-order valence-corrected chi connectivity index (χ2v) is 6.80. The van der Waals surface area contributed by atoms with Gasteiger partial charge in [-0.2, -0.15) is 0 Å². The normalized spacial score (nSPS) is 10.7. The van der Waals surface area contributed by atoms with Crippen molar-refractivity contribution in [1.29, 1.82) is 0 Å². The van der Waals surface area contributed by atoms with Crippen molar-refractivity contribution < 1.29 is 14.3 Å². The fourth-order valence-electron chi connectivity index (χ4n) is 2.40. The molecule has 0 aliphatic carbocycles. The van der Waals surface area contributed by atoms with Gasteiger partial charge in [-0.3, -0.25) is 4.79 Å². The molecular weight excluding hydrogens is 360 g/mol. The van der Waals surface area contributed by atoms with Gasteiger partial charge in [0, 0.05) is 11.5 Å². The Balaban J connectivity index is 1.54. The van der Waals surface area contributed by atoms with Crippen molar-refractivity contribution in [3.8, 4) is 11.5 Å². The van der Waals surface area contributed by atoms with Crippen LogP contribution >= 0.6 is 11.3 Å². The lowest BCUT2D eigenvalue weighted by atomic mass is 10.2. The van der Waals surface area contributed by atoms with E-state index in [0.29, 0.717) is 18.0 Å². The third-order valence-corrected chi connectivity index (χ3v) is 4.55. The number of nitrogens with zero attached hydrogens (tertiary/aromatic N) is 1. The van der Waals surface area contributed by atoms with Crippen LogP contribution in [0.5, 0.6) is 11.5 Å². The van der Waals surface area contributed by atoms with Crippen LogP contribution in [0, 0.1) is 6.92 Å². The molecule has 0 fully saturated rings. The van der Waals surface area contributed by atoms with Gasteiger partial charge in [-0.1, -0.05) is 24.3 Å². The molecule has 138 valence electrons. The predicted molar refractivity (Wildman–Crippen MR) is 108 cm³/mol. The number of hydrogen-bond donors (Lipinski definition) is 1. The highest BCUT2D eigenvalue weighted by Gasteiger charge is 2.04. The molecule has 1 heterocycles. The van der Waals surface area contributed by atoms with Crippen molar-refractivity contribution in [3.05, 3.63) is 76.3 Å². The van der Waals surface area contributed by atoms with E-state index in [9.17, 15) is 4.79 Å². The number of nitrogens with one attached hydrogen (secondary N) is 1. The summed E-state index contributed by atoms with van der Waals surface area (Å²) in [5, 5.41) is 5.82. The van der Waals surface area contributed by atoms with Crippen molar-refractivity contribution in [1.82, 2.24) is 4.98 Å². The van der Waals surface area contributed by atoms with E-state index in [-0.39, 0.29) is 5.91 Å². The number of carbonyl (C=O) groups excluding carboxylic acids is 1. The van der Waals surface area contributed by atoms with E-state index < -0.39 is 0 Å². The molecule has 0 spiro atoms. The molecule has 0 unspecified atom stereocenters. The summed E-state index contributed by atoms with van der Waals surface area (Å²) in [6, 6.07) is 14.8. The zero-order valence-corrected chi connectivity index (χ0v) is 16.0. The summed E-state index contributed by atoms with van der Waals surface area (Å²) in [5.41, 5.74) is 2.46. The van der Waals surface area contributed by atoms with Crippen LogP contribution in [0.1, 0.15) is 16.3 Å². The van der Waals surface area contributed by atoms with E-state index in [1.54, 1.807) is 36.7 Å². The van der Waals surface area contributed by atoms with Gasteiger partial charge in [0.05, 0.1) is 23.5 Å². The zero-order valence-electron chi connectivity index (χ0n) is 15.1. The Labute approximate surface area is 162 Å². The highest BCUT2D eigenvalue weighted by molar-refractivity contribution is 7.09. The van der Waals surface area contributed by atoms with Crippen LogP contribution in [0.4, 0.5) is 5.69 Å². The maximum Gasteiger partial charge on any atom is 0.248 e. The number of ether oxygens (including phenoxy) is 2. The monoisotopic (exact) mass is 380 g/mol. The predicted octanol–water partition coefficient (Wildman–Crippen LogP) is 4.69. The Morgan fingerprint density at radius 2 is 1.96 bits per heavy atom. The number of carbonyl (C=O) groups is 1. The fraction of sp³-hybridized carbons (Fsp3) is 0.143. The van der Waals surface area contributed by atoms with Crippen LogP contribution < -0.4 is 14.8 Å². The first-order valence-corrected chi connectivity index (χ1v) is 9.28. The minimum absolute atomic E-state index is 0.223. The Morgan fingerprint density at radius 3 is 2.67 bits per heavy atom. The van der Waals surface area contributed by atoms with E-state index in [1.165, 1.54) is 6.08 Å². The van der Waals surface area contributed by atoms with Crippen molar-refractivity contribution in [2.75, 3.05) is 12.4 Å². The molecule has 2 aromatic carbocycles. The smallest absolute Gasteiger partial charge is 0.248 e. The first-order valence-electron chi connectivity index (χ1n) is 8.40. The van der Waals surface area contributed by atoms with E-state index in [4.69, 9.17) is 9.47 Å². The van der Waals surface area contributed by atoms with E-state index >= 15 is 0 Å². The topological polar surface area (TPSA) is 60.5 Å². The number of amides is 1. The number of thiazole rings is 1. The van der Waals surface area contributed by atoms with Gasteiger partial charge in [-0.15, -0.1) is 11.3 Å². The SMILES string of the molecule is COc1ccccc1NC(=O)/C=C/c1ccc(OCc2csc(C)n2)cc1. The molecule has 0 aliphatic heterocycles. The molecule has 0 saturated carbocycles. The molecule has 1 N–H and O–H groups in total. The second-order valence-electron chi connectivity index (χ2n) is 5.74. The Bertz CT molecular complexity index is 933. The quantitative estimate of drug-likeness (QED) is 0.604. The van der Waals surface area contributed by atoms with Gasteiger partial charge in [-0.25, -0.2) is 4.98 Å². The van der Waals surface area contributed by atoms with E-state index in [2.05, 4.69) is 10.3 Å². The van der Waals surface area contributed by atoms with Crippen LogP contribution in [0.2, 0.25) is 0 Å². The van der Waals surface area contributed by atoms with E-state index in [0.717, 1.165) is 22.0 Å². The first-order chi connectivity index (χ1) is 13.1. The molecule has 0 aliphatic rings. The van der Waals surface area contributed by atoms with Crippen LogP contribution in [0.25, 0.3) is 6.08 Å². The van der Waals surface area contributed by atoms with Gasteiger partial charge in [0.1, 0.15) is 18.1 Å². The highest BCUT2D eigenvalue weighted by Crippen LogP contribution is 2.23. The van der Waals surface area contributed by atoms with Crippen LogP contribution in [0.15, 0.2) is 60.0 Å². The molecule has 0 saturated heterocycles. The summed E-state index contributed by atoms with van der Waals surface area (Å²) in [6.07, 6.45) is 3.23. The van der Waals surface area contributed by atoms with Crippen molar-refractivity contribution in [2.45, 2.75) is 13.5 Å². The Hall–Kier alpha value is -3.12. The number of rotatable bonds is 7. The maximum atomic E-state index is 12.1. The lowest BCUT2D eigenvalue weighted by Crippen LogP contribution is -2.08. The number of benzene rings is 2.